The number of nitrogens with zero attached hydrogens (tertiary/aromatic N) is 2. The molecule has 18 heavy (non-hydrogen) atoms. The molecule has 0 aliphatic heterocycles. The van der Waals surface area contributed by atoms with E-state index in [1.54, 1.807) is 32.2 Å². The van der Waals surface area contributed by atoms with Crippen LogP contribution in [0.15, 0.2) is 18.2 Å². The third-order valence-corrected chi connectivity index (χ3v) is 3.06. The zero-order chi connectivity index (χ0) is 13.7. The van der Waals surface area contributed by atoms with Crippen molar-refractivity contribution in [3.05, 3.63) is 29.3 Å². The molecular weight excluding hydrogens is 228 g/mol. The molecule has 1 aromatic carbocycles. The van der Waals surface area contributed by atoms with Crippen LogP contribution < -0.4 is 4.90 Å². The van der Waals surface area contributed by atoms with E-state index in [9.17, 15) is 5.11 Å². The second-order valence-corrected chi connectivity index (χ2v) is 4.48. The van der Waals surface area contributed by atoms with Crippen LogP contribution in [0.4, 0.5) is 5.69 Å². The van der Waals surface area contributed by atoms with Gasteiger partial charge in [0.05, 0.1) is 24.3 Å². The van der Waals surface area contributed by atoms with E-state index in [0.717, 1.165) is 11.3 Å². The topological polar surface area (TPSA) is 56.5 Å². The summed E-state index contributed by atoms with van der Waals surface area (Å²) in [6, 6.07) is 7.61. The minimum Gasteiger partial charge on any atom is -0.389 e. The highest BCUT2D eigenvalue weighted by atomic mass is 16.5. The summed E-state index contributed by atoms with van der Waals surface area (Å²) in [6.07, 6.45) is -0.565. The summed E-state index contributed by atoms with van der Waals surface area (Å²) in [5.74, 6) is 0. The molecule has 4 nitrogen and oxygen atoms in total. The van der Waals surface area contributed by atoms with Gasteiger partial charge < -0.3 is 14.7 Å². The number of rotatable bonds is 5. The first-order valence-electron chi connectivity index (χ1n) is 5.95. The molecule has 1 rings (SSSR count). The van der Waals surface area contributed by atoms with Gasteiger partial charge in [-0.2, -0.15) is 5.26 Å². The van der Waals surface area contributed by atoms with Gasteiger partial charge in [-0.3, -0.25) is 0 Å². The van der Waals surface area contributed by atoms with Crippen LogP contribution in [0.2, 0.25) is 0 Å². The largest absolute Gasteiger partial charge is 0.389 e. The number of likely N-dealkylation sites (N-methyl/N-ethyl adjacent to an activating group) is 1. The predicted molar refractivity (Wildman–Crippen MR) is 71.5 cm³/mol. The van der Waals surface area contributed by atoms with Gasteiger partial charge in [0, 0.05) is 31.5 Å². The molecule has 0 spiro atoms. The average Bonchev–Trinajstić information content (AvgIpc) is 2.37. The van der Waals surface area contributed by atoms with Gasteiger partial charge >= 0.3 is 0 Å². The molecule has 0 aliphatic rings. The Morgan fingerprint density at radius 1 is 1.44 bits per heavy atom. The van der Waals surface area contributed by atoms with Crippen molar-refractivity contribution in [3.63, 3.8) is 0 Å². The fourth-order valence-corrected chi connectivity index (χ4v) is 1.86. The second-order valence-electron chi connectivity index (χ2n) is 4.48. The summed E-state index contributed by atoms with van der Waals surface area (Å²) in [7, 11) is 3.59. The molecule has 2 atom stereocenters. The molecule has 0 heterocycles. The molecule has 0 aliphatic carbocycles. The van der Waals surface area contributed by atoms with Crippen LogP contribution in [0.5, 0.6) is 0 Å². The van der Waals surface area contributed by atoms with Crippen LogP contribution in [-0.2, 0) is 4.74 Å². The summed E-state index contributed by atoms with van der Waals surface area (Å²) in [5.41, 5.74) is 2.28. The third kappa shape index (κ3) is 3.22. The molecule has 4 heteroatoms. The Morgan fingerprint density at radius 3 is 2.61 bits per heavy atom. The van der Waals surface area contributed by atoms with Gasteiger partial charge in [0.2, 0.25) is 0 Å². The fraction of sp³-hybridized carbons (Fsp3) is 0.500. The van der Waals surface area contributed by atoms with Gasteiger partial charge in [-0.25, -0.2) is 0 Å². The molecule has 0 aromatic heterocycles. The number of methoxy groups -OCH3 is 1. The van der Waals surface area contributed by atoms with E-state index in [-0.39, 0.29) is 6.04 Å². The smallest absolute Gasteiger partial charge is 0.0992 e. The normalized spacial score (nSPS) is 13.8. The number of ether oxygens (including phenoxy) is 1. The standard InChI is InChI=1S/C14H20N2O2/c1-10(9-18-4)16(3)14-7-12(8-15)5-6-13(14)11(2)17/h5-7,10-11,17H,9H2,1-4H3/t10?,11-/m1/s1. The van der Waals surface area contributed by atoms with Crippen molar-refractivity contribution in [1.29, 1.82) is 5.26 Å². The minimum absolute atomic E-state index is 0.168. The maximum Gasteiger partial charge on any atom is 0.0992 e. The number of aliphatic hydroxyl groups is 1. The molecule has 0 radical (unpaired) electrons. The average molecular weight is 248 g/mol. The molecule has 0 saturated carbocycles. The molecule has 0 fully saturated rings. The number of benzene rings is 1. The maximum atomic E-state index is 9.79. The number of hydrogen-bond acceptors (Lipinski definition) is 4. The van der Waals surface area contributed by atoms with Crippen molar-refractivity contribution in [2.75, 3.05) is 25.7 Å². The Hall–Kier alpha value is -1.57. The Morgan fingerprint density at radius 2 is 2.11 bits per heavy atom. The summed E-state index contributed by atoms with van der Waals surface area (Å²) >= 11 is 0. The van der Waals surface area contributed by atoms with Gasteiger partial charge in [-0.15, -0.1) is 0 Å². The van der Waals surface area contributed by atoms with Crippen molar-refractivity contribution in [3.8, 4) is 6.07 Å². The van der Waals surface area contributed by atoms with Crippen molar-refractivity contribution < 1.29 is 9.84 Å². The van der Waals surface area contributed by atoms with Gasteiger partial charge in [-0.1, -0.05) is 6.07 Å². The maximum absolute atomic E-state index is 9.79. The molecule has 0 saturated heterocycles. The van der Waals surface area contributed by atoms with Crippen LogP contribution in [-0.4, -0.2) is 31.9 Å². The highest BCUT2D eigenvalue weighted by Gasteiger charge is 2.16. The van der Waals surface area contributed by atoms with E-state index in [4.69, 9.17) is 10.00 Å². The first-order valence-corrected chi connectivity index (χ1v) is 5.95. The summed E-state index contributed by atoms with van der Waals surface area (Å²) < 4.78 is 5.13. The van der Waals surface area contributed by atoms with Crippen LogP contribution >= 0.6 is 0 Å². The number of anilines is 1. The second kappa shape index (κ2) is 6.39. The first-order chi connectivity index (χ1) is 8.51. The number of aliphatic hydroxyl groups excluding tert-OH is 1. The van der Waals surface area contributed by atoms with Gasteiger partial charge in [0.25, 0.3) is 0 Å². The molecule has 0 bridgehead atoms. The molecule has 98 valence electrons. The SMILES string of the molecule is COCC(C)N(C)c1cc(C#N)ccc1[C@@H](C)O. The van der Waals surface area contributed by atoms with E-state index < -0.39 is 6.10 Å². The van der Waals surface area contributed by atoms with Crippen molar-refractivity contribution >= 4 is 5.69 Å². The van der Waals surface area contributed by atoms with E-state index in [0.29, 0.717) is 12.2 Å². The van der Waals surface area contributed by atoms with Gasteiger partial charge in [-0.05, 0) is 26.0 Å². The van der Waals surface area contributed by atoms with E-state index in [1.165, 1.54) is 0 Å². The van der Waals surface area contributed by atoms with Crippen molar-refractivity contribution in [2.24, 2.45) is 0 Å². The monoisotopic (exact) mass is 248 g/mol. The van der Waals surface area contributed by atoms with Crippen LogP contribution in [0.25, 0.3) is 0 Å². The lowest BCUT2D eigenvalue weighted by molar-refractivity contribution is 0.182. The lowest BCUT2D eigenvalue weighted by atomic mass is 10.0. The minimum atomic E-state index is -0.565. The van der Waals surface area contributed by atoms with Crippen molar-refractivity contribution in [1.82, 2.24) is 0 Å². The number of nitriles is 1. The summed E-state index contributed by atoms with van der Waals surface area (Å²) in [6.45, 7) is 4.35. The molecule has 1 N–H and O–H groups in total. The molecule has 1 unspecified atom stereocenters. The quantitative estimate of drug-likeness (QED) is 0.866. The highest BCUT2D eigenvalue weighted by molar-refractivity contribution is 5.58. The predicted octanol–water partition coefficient (Wildman–Crippen LogP) is 2.08. The van der Waals surface area contributed by atoms with E-state index in [1.807, 2.05) is 18.9 Å². The Kier molecular flexibility index (Phi) is 5.14. The van der Waals surface area contributed by atoms with E-state index in [2.05, 4.69) is 6.07 Å². The Bertz CT molecular complexity index is 438. The molecule has 0 amide bonds. The zero-order valence-electron chi connectivity index (χ0n) is 11.3. The molecule has 1 aromatic rings. The summed E-state index contributed by atoms with van der Waals surface area (Å²) in [4.78, 5) is 2.02. The molecular formula is C14H20N2O2. The van der Waals surface area contributed by atoms with Gasteiger partial charge in [0.15, 0.2) is 0 Å². The third-order valence-electron chi connectivity index (χ3n) is 3.06. The Labute approximate surface area is 108 Å². The van der Waals surface area contributed by atoms with Crippen LogP contribution in [0, 0.1) is 11.3 Å². The van der Waals surface area contributed by atoms with Gasteiger partial charge in [0.1, 0.15) is 0 Å². The lowest BCUT2D eigenvalue weighted by Crippen LogP contribution is -2.33. The number of hydrogen-bond donors (Lipinski definition) is 1. The first kappa shape index (κ1) is 14.5. The van der Waals surface area contributed by atoms with Crippen molar-refractivity contribution in [2.45, 2.75) is 26.0 Å². The van der Waals surface area contributed by atoms with Crippen LogP contribution in [0.1, 0.15) is 31.1 Å². The Balaban J connectivity index is 3.15. The van der Waals surface area contributed by atoms with Crippen LogP contribution in [0.3, 0.4) is 0 Å². The zero-order valence-corrected chi connectivity index (χ0v) is 11.3. The fourth-order valence-electron chi connectivity index (χ4n) is 1.86. The lowest BCUT2D eigenvalue weighted by Gasteiger charge is -2.29. The highest BCUT2D eigenvalue weighted by Crippen LogP contribution is 2.28. The summed E-state index contributed by atoms with van der Waals surface area (Å²) in [5, 5.41) is 18.7. The van der Waals surface area contributed by atoms with E-state index >= 15 is 0 Å².